The summed E-state index contributed by atoms with van der Waals surface area (Å²) in [5, 5.41) is 2.89. The lowest BCUT2D eigenvalue weighted by Crippen LogP contribution is -2.31. The van der Waals surface area contributed by atoms with Crippen LogP contribution in [0.15, 0.2) is 48.8 Å². The van der Waals surface area contributed by atoms with Gasteiger partial charge in [-0.05, 0) is 30.3 Å². The monoisotopic (exact) mass is 394 g/mol. The number of amides is 2. The number of para-hydroxylation sites is 2. The van der Waals surface area contributed by atoms with Crippen LogP contribution in [-0.2, 0) is 9.59 Å². The second-order valence-electron chi connectivity index (χ2n) is 6.86. The molecule has 8 nitrogen and oxygen atoms in total. The molecule has 8 heteroatoms. The van der Waals surface area contributed by atoms with Gasteiger partial charge >= 0.3 is 0 Å². The predicted molar refractivity (Wildman–Crippen MR) is 108 cm³/mol. The van der Waals surface area contributed by atoms with Crippen molar-refractivity contribution in [1.29, 1.82) is 0 Å². The summed E-state index contributed by atoms with van der Waals surface area (Å²) in [7, 11) is 1.58. The molecule has 150 valence electrons. The number of imidazole rings is 1. The molecule has 1 fully saturated rings. The first-order chi connectivity index (χ1) is 14.1. The maximum Gasteiger partial charge on any atom is 0.229 e. The lowest BCUT2D eigenvalue weighted by atomic mass is 10.1. The highest BCUT2D eigenvalue weighted by Crippen LogP contribution is 2.26. The third kappa shape index (κ3) is 4.16. The van der Waals surface area contributed by atoms with Crippen molar-refractivity contribution in [3.63, 3.8) is 0 Å². The van der Waals surface area contributed by atoms with Gasteiger partial charge in [-0.2, -0.15) is 0 Å². The second kappa shape index (κ2) is 8.22. The minimum Gasteiger partial charge on any atom is -0.493 e. The number of ether oxygens (including phenoxy) is 2. The summed E-state index contributed by atoms with van der Waals surface area (Å²) in [6.45, 7) is 1.13. The zero-order valence-corrected chi connectivity index (χ0v) is 16.1. The van der Waals surface area contributed by atoms with Crippen molar-refractivity contribution >= 4 is 28.5 Å². The van der Waals surface area contributed by atoms with Crippen LogP contribution in [0.1, 0.15) is 6.42 Å². The van der Waals surface area contributed by atoms with Crippen molar-refractivity contribution in [2.24, 2.45) is 5.92 Å². The number of fused-ring (bicyclic) bond motifs is 1. The summed E-state index contributed by atoms with van der Waals surface area (Å²) in [4.78, 5) is 33.7. The smallest absolute Gasteiger partial charge is 0.229 e. The number of hydrogen-bond acceptors (Lipinski definition) is 5. The van der Waals surface area contributed by atoms with Gasteiger partial charge in [-0.25, -0.2) is 4.98 Å². The molecule has 0 radical (unpaired) electrons. The molecule has 1 aliphatic heterocycles. The van der Waals surface area contributed by atoms with Crippen molar-refractivity contribution in [3.05, 3.63) is 48.8 Å². The number of rotatable bonds is 7. The van der Waals surface area contributed by atoms with Crippen LogP contribution < -0.4 is 14.8 Å². The molecule has 1 atom stereocenters. The molecule has 1 aromatic heterocycles. The highest BCUT2D eigenvalue weighted by atomic mass is 16.5. The van der Waals surface area contributed by atoms with Crippen molar-refractivity contribution in [1.82, 2.24) is 14.9 Å². The summed E-state index contributed by atoms with van der Waals surface area (Å²) in [6, 6.07) is 12.8. The zero-order valence-electron chi connectivity index (χ0n) is 16.1. The number of hydrogen-bond donors (Lipinski definition) is 2. The van der Waals surface area contributed by atoms with E-state index >= 15 is 0 Å². The SMILES string of the molecule is COc1ccccc1OCCN1CC(C(=O)Nc2ccc3nc[nH]c3c2)CC1=O. The van der Waals surface area contributed by atoms with Crippen molar-refractivity contribution in [3.8, 4) is 11.5 Å². The quantitative estimate of drug-likeness (QED) is 0.642. The first-order valence-electron chi connectivity index (χ1n) is 9.41. The standard InChI is InChI=1S/C21H22N4O4/c1-28-18-4-2-3-5-19(18)29-9-8-25-12-14(10-20(25)26)21(27)24-15-6-7-16-17(11-15)23-13-22-16/h2-7,11,13-14H,8-10,12H2,1H3,(H,22,23)(H,24,27). The van der Waals surface area contributed by atoms with Gasteiger partial charge in [0.1, 0.15) is 6.61 Å². The number of nitrogens with one attached hydrogen (secondary N) is 2. The number of anilines is 1. The van der Waals surface area contributed by atoms with Gasteiger partial charge in [0.05, 0.1) is 36.9 Å². The zero-order chi connectivity index (χ0) is 20.2. The van der Waals surface area contributed by atoms with E-state index in [0.29, 0.717) is 36.9 Å². The van der Waals surface area contributed by atoms with E-state index in [9.17, 15) is 9.59 Å². The number of aromatic nitrogens is 2. The number of nitrogens with zero attached hydrogens (tertiary/aromatic N) is 2. The van der Waals surface area contributed by atoms with Crippen LogP contribution >= 0.6 is 0 Å². The lowest BCUT2D eigenvalue weighted by Gasteiger charge is -2.17. The van der Waals surface area contributed by atoms with Gasteiger partial charge in [0.25, 0.3) is 0 Å². The Morgan fingerprint density at radius 2 is 2.10 bits per heavy atom. The summed E-state index contributed by atoms with van der Waals surface area (Å²) in [6.07, 6.45) is 1.81. The van der Waals surface area contributed by atoms with Crippen LogP contribution in [0.5, 0.6) is 11.5 Å². The average molecular weight is 394 g/mol. The van der Waals surface area contributed by atoms with Crippen molar-refractivity contribution in [2.45, 2.75) is 6.42 Å². The van der Waals surface area contributed by atoms with E-state index < -0.39 is 0 Å². The summed E-state index contributed by atoms with van der Waals surface area (Å²) >= 11 is 0. The molecular formula is C21H22N4O4. The molecule has 4 rings (SSSR count). The fraction of sp³-hybridized carbons (Fsp3) is 0.286. The number of benzene rings is 2. The van der Waals surface area contributed by atoms with Crippen LogP contribution in [0.25, 0.3) is 11.0 Å². The molecule has 2 heterocycles. The third-order valence-electron chi connectivity index (χ3n) is 4.96. The van der Waals surface area contributed by atoms with Crippen molar-refractivity contribution < 1.29 is 19.1 Å². The van der Waals surface area contributed by atoms with Crippen molar-refractivity contribution in [2.75, 3.05) is 32.1 Å². The Hall–Kier alpha value is -3.55. The van der Waals surface area contributed by atoms with Crippen LogP contribution in [0.2, 0.25) is 0 Å². The minimum absolute atomic E-state index is 0.0437. The Morgan fingerprint density at radius 3 is 2.93 bits per heavy atom. The van der Waals surface area contributed by atoms with E-state index in [0.717, 1.165) is 11.0 Å². The Balaban J connectivity index is 1.30. The van der Waals surface area contributed by atoms with E-state index in [2.05, 4.69) is 15.3 Å². The second-order valence-corrected chi connectivity index (χ2v) is 6.86. The Bertz CT molecular complexity index is 1030. The minimum atomic E-state index is -0.383. The molecule has 1 saturated heterocycles. The molecule has 1 unspecified atom stereocenters. The molecule has 1 aliphatic rings. The third-order valence-corrected chi connectivity index (χ3v) is 4.96. The summed E-state index contributed by atoms with van der Waals surface area (Å²) in [5.74, 6) is 0.686. The molecule has 0 saturated carbocycles. The van der Waals surface area contributed by atoms with Gasteiger partial charge in [-0.15, -0.1) is 0 Å². The summed E-state index contributed by atoms with van der Waals surface area (Å²) < 4.78 is 11.0. The molecule has 0 spiro atoms. The van der Waals surface area contributed by atoms with E-state index in [1.54, 1.807) is 24.4 Å². The molecule has 29 heavy (non-hydrogen) atoms. The lowest BCUT2D eigenvalue weighted by molar-refractivity contribution is -0.128. The molecule has 2 aromatic carbocycles. The normalized spacial score (nSPS) is 16.2. The predicted octanol–water partition coefficient (Wildman–Crippen LogP) is 2.44. The largest absolute Gasteiger partial charge is 0.493 e. The van der Waals surface area contributed by atoms with E-state index in [1.807, 2.05) is 36.4 Å². The number of likely N-dealkylation sites (tertiary alicyclic amines) is 1. The Kier molecular flexibility index (Phi) is 5.33. The number of carbonyl (C=O) groups excluding carboxylic acids is 2. The Labute approximate surface area is 167 Å². The fourth-order valence-electron chi connectivity index (χ4n) is 3.43. The van der Waals surface area contributed by atoms with Crippen LogP contribution in [0, 0.1) is 5.92 Å². The number of aromatic amines is 1. The maximum absolute atomic E-state index is 12.6. The number of carbonyl (C=O) groups is 2. The molecule has 3 aromatic rings. The van der Waals surface area contributed by atoms with Gasteiger partial charge in [0.2, 0.25) is 11.8 Å². The fourth-order valence-corrected chi connectivity index (χ4v) is 3.43. The van der Waals surface area contributed by atoms with Crippen LogP contribution in [0.4, 0.5) is 5.69 Å². The Morgan fingerprint density at radius 1 is 1.28 bits per heavy atom. The van der Waals surface area contributed by atoms with Gasteiger partial charge in [0, 0.05) is 18.7 Å². The van der Waals surface area contributed by atoms with E-state index in [-0.39, 0.29) is 24.2 Å². The van der Waals surface area contributed by atoms with Gasteiger partial charge < -0.3 is 24.7 Å². The van der Waals surface area contributed by atoms with Gasteiger partial charge in [-0.3, -0.25) is 9.59 Å². The number of methoxy groups -OCH3 is 1. The molecular weight excluding hydrogens is 372 g/mol. The highest BCUT2D eigenvalue weighted by Gasteiger charge is 2.34. The molecule has 2 N–H and O–H groups in total. The molecule has 0 aliphatic carbocycles. The molecule has 0 bridgehead atoms. The van der Waals surface area contributed by atoms with E-state index in [1.165, 1.54) is 0 Å². The van der Waals surface area contributed by atoms with Crippen LogP contribution in [-0.4, -0.2) is 53.5 Å². The van der Waals surface area contributed by atoms with E-state index in [4.69, 9.17) is 9.47 Å². The van der Waals surface area contributed by atoms with Gasteiger partial charge in [-0.1, -0.05) is 12.1 Å². The first-order valence-corrected chi connectivity index (χ1v) is 9.41. The maximum atomic E-state index is 12.6. The van der Waals surface area contributed by atoms with Crippen LogP contribution in [0.3, 0.4) is 0 Å². The van der Waals surface area contributed by atoms with Gasteiger partial charge in [0.15, 0.2) is 11.5 Å². The highest BCUT2D eigenvalue weighted by molar-refractivity contribution is 5.98. The number of H-pyrrole nitrogens is 1. The average Bonchev–Trinajstić information content (AvgIpc) is 3.34. The summed E-state index contributed by atoms with van der Waals surface area (Å²) in [5.41, 5.74) is 2.36. The molecule has 2 amide bonds. The first kappa shape index (κ1) is 18.8. The topological polar surface area (TPSA) is 96.6 Å².